The van der Waals surface area contributed by atoms with Gasteiger partial charge in [0.05, 0.1) is 18.6 Å². The lowest BCUT2D eigenvalue weighted by molar-refractivity contribution is -0.145. The van der Waals surface area contributed by atoms with Crippen LogP contribution in [0.1, 0.15) is 29.0 Å². The first-order valence-electron chi connectivity index (χ1n) is 7.91. The first-order valence-corrected chi connectivity index (χ1v) is 7.91. The van der Waals surface area contributed by atoms with E-state index in [1.807, 2.05) is 36.4 Å². The van der Waals surface area contributed by atoms with E-state index in [9.17, 15) is 18.0 Å². The lowest BCUT2D eigenvalue weighted by Gasteiger charge is -2.18. The van der Waals surface area contributed by atoms with Gasteiger partial charge in [0.25, 0.3) is 0 Å². The van der Waals surface area contributed by atoms with E-state index in [-0.39, 0.29) is 11.9 Å². The summed E-state index contributed by atoms with van der Waals surface area (Å²) >= 11 is 0. The summed E-state index contributed by atoms with van der Waals surface area (Å²) in [6.45, 7) is 0. The molecule has 1 aliphatic carbocycles. The highest BCUT2D eigenvalue weighted by Gasteiger charge is 2.36. The average molecular weight is 346 g/mol. The Bertz CT molecular complexity index is 777. The molecule has 0 aliphatic heterocycles. The number of ether oxygens (including phenoxy) is 1. The van der Waals surface area contributed by atoms with Crippen LogP contribution in [0.25, 0.3) is 5.57 Å². The van der Waals surface area contributed by atoms with Gasteiger partial charge >= 0.3 is 12.1 Å². The van der Waals surface area contributed by atoms with Gasteiger partial charge in [0.2, 0.25) is 0 Å². The molecule has 0 radical (unpaired) electrons. The van der Waals surface area contributed by atoms with Crippen molar-refractivity contribution >= 4 is 11.5 Å². The minimum atomic E-state index is -4.37. The van der Waals surface area contributed by atoms with Gasteiger partial charge in [0, 0.05) is 5.92 Å². The fourth-order valence-corrected chi connectivity index (χ4v) is 3.24. The van der Waals surface area contributed by atoms with Gasteiger partial charge in [-0.05, 0) is 35.3 Å². The van der Waals surface area contributed by atoms with Crippen molar-refractivity contribution in [3.63, 3.8) is 0 Å². The quantitative estimate of drug-likeness (QED) is 0.726. The topological polar surface area (TPSA) is 26.3 Å². The third-order valence-electron chi connectivity index (χ3n) is 4.53. The Labute approximate surface area is 143 Å². The molecule has 0 N–H and O–H groups in total. The van der Waals surface area contributed by atoms with Crippen molar-refractivity contribution in [1.82, 2.24) is 0 Å². The summed E-state index contributed by atoms with van der Waals surface area (Å²) < 4.78 is 43.2. The molecule has 25 heavy (non-hydrogen) atoms. The number of halogens is 3. The number of esters is 1. The van der Waals surface area contributed by atoms with Gasteiger partial charge in [0.1, 0.15) is 0 Å². The van der Waals surface area contributed by atoms with Gasteiger partial charge in [-0.1, -0.05) is 48.5 Å². The van der Waals surface area contributed by atoms with Crippen molar-refractivity contribution in [2.45, 2.75) is 18.5 Å². The van der Waals surface area contributed by atoms with Crippen molar-refractivity contribution in [3.8, 4) is 0 Å². The van der Waals surface area contributed by atoms with Crippen LogP contribution in [0.5, 0.6) is 0 Å². The maximum Gasteiger partial charge on any atom is 0.416 e. The molecule has 0 amide bonds. The molecule has 0 aromatic heterocycles. The second kappa shape index (κ2) is 6.75. The Morgan fingerprint density at radius 1 is 1.04 bits per heavy atom. The molecular formula is C20H17F3O2. The van der Waals surface area contributed by atoms with Gasteiger partial charge in [-0.3, -0.25) is 4.79 Å². The number of hydrogen-bond donors (Lipinski definition) is 0. The molecule has 0 bridgehead atoms. The third kappa shape index (κ3) is 3.60. The zero-order valence-electron chi connectivity index (χ0n) is 13.6. The molecule has 0 heterocycles. The number of hydrogen-bond acceptors (Lipinski definition) is 2. The third-order valence-corrected chi connectivity index (χ3v) is 4.53. The number of benzene rings is 2. The van der Waals surface area contributed by atoms with Crippen molar-refractivity contribution in [1.29, 1.82) is 0 Å². The Morgan fingerprint density at radius 3 is 2.24 bits per heavy atom. The highest BCUT2D eigenvalue weighted by atomic mass is 19.4. The van der Waals surface area contributed by atoms with E-state index in [0.717, 1.165) is 23.3 Å². The lowest BCUT2D eigenvalue weighted by Crippen LogP contribution is -2.19. The molecule has 3 rings (SSSR count). The molecule has 0 saturated heterocycles. The van der Waals surface area contributed by atoms with Crippen LogP contribution in [0, 0.1) is 5.92 Å². The Balaban J connectivity index is 1.95. The normalized spacial score (nSPS) is 20.2. The second-order valence-electron chi connectivity index (χ2n) is 6.04. The van der Waals surface area contributed by atoms with E-state index in [4.69, 9.17) is 4.74 Å². The molecule has 2 aromatic rings. The zero-order chi connectivity index (χ0) is 18.0. The molecular weight excluding hydrogens is 329 g/mol. The van der Waals surface area contributed by atoms with Crippen LogP contribution in [0.15, 0.2) is 60.7 Å². The first-order chi connectivity index (χ1) is 11.9. The van der Waals surface area contributed by atoms with Crippen LogP contribution in [0.2, 0.25) is 0 Å². The molecule has 0 fully saturated rings. The van der Waals surface area contributed by atoms with Crippen LogP contribution in [0.4, 0.5) is 13.2 Å². The maximum atomic E-state index is 12.8. The summed E-state index contributed by atoms with van der Waals surface area (Å²) in [6, 6.07) is 14.6. The van der Waals surface area contributed by atoms with Gasteiger partial charge in [-0.15, -0.1) is 0 Å². The van der Waals surface area contributed by atoms with E-state index in [1.165, 1.54) is 19.2 Å². The van der Waals surface area contributed by atoms with Crippen molar-refractivity contribution in [2.75, 3.05) is 7.11 Å². The van der Waals surface area contributed by atoms with Crippen LogP contribution < -0.4 is 0 Å². The van der Waals surface area contributed by atoms with Crippen molar-refractivity contribution in [2.24, 2.45) is 5.92 Å². The average Bonchev–Trinajstić information content (AvgIpc) is 3.06. The van der Waals surface area contributed by atoms with Crippen LogP contribution in [-0.2, 0) is 15.7 Å². The van der Waals surface area contributed by atoms with Gasteiger partial charge in [-0.25, -0.2) is 0 Å². The maximum absolute atomic E-state index is 12.8. The van der Waals surface area contributed by atoms with Gasteiger partial charge < -0.3 is 4.74 Å². The predicted molar refractivity (Wildman–Crippen MR) is 88.7 cm³/mol. The monoisotopic (exact) mass is 346 g/mol. The molecule has 130 valence electrons. The van der Waals surface area contributed by atoms with E-state index in [1.54, 1.807) is 0 Å². The lowest BCUT2D eigenvalue weighted by atomic mass is 9.88. The van der Waals surface area contributed by atoms with Crippen LogP contribution in [-0.4, -0.2) is 13.1 Å². The summed E-state index contributed by atoms with van der Waals surface area (Å²) in [5.41, 5.74) is 1.98. The number of carbonyl (C=O) groups is 1. The zero-order valence-corrected chi connectivity index (χ0v) is 13.6. The number of rotatable bonds is 3. The fourth-order valence-electron chi connectivity index (χ4n) is 3.24. The molecule has 0 saturated carbocycles. The van der Waals surface area contributed by atoms with Crippen LogP contribution in [0.3, 0.4) is 0 Å². The van der Waals surface area contributed by atoms with E-state index < -0.39 is 17.7 Å². The Hall–Kier alpha value is -2.56. The van der Waals surface area contributed by atoms with Gasteiger partial charge in [-0.2, -0.15) is 13.2 Å². The number of alkyl halides is 3. The molecule has 0 unspecified atom stereocenters. The number of allylic oxidation sites excluding steroid dienone is 2. The molecule has 0 spiro atoms. The molecule has 2 aromatic carbocycles. The Morgan fingerprint density at radius 2 is 1.68 bits per heavy atom. The Kier molecular flexibility index (Phi) is 4.66. The second-order valence-corrected chi connectivity index (χ2v) is 6.04. The number of methoxy groups -OCH3 is 1. The van der Waals surface area contributed by atoms with E-state index in [0.29, 0.717) is 12.0 Å². The highest BCUT2D eigenvalue weighted by molar-refractivity contribution is 5.82. The molecule has 2 atom stereocenters. The smallest absolute Gasteiger partial charge is 0.416 e. The predicted octanol–water partition coefficient (Wildman–Crippen LogP) is 5.07. The van der Waals surface area contributed by atoms with Gasteiger partial charge in [0.15, 0.2) is 0 Å². The van der Waals surface area contributed by atoms with Crippen molar-refractivity contribution < 1.29 is 22.7 Å². The fraction of sp³-hybridized carbons (Fsp3) is 0.250. The summed E-state index contributed by atoms with van der Waals surface area (Å²) in [5.74, 6) is -1.09. The highest BCUT2D eigenvalue weighted by Crippen LogP contribution is 2.43. The summed E-state index contributed by atoms with van der Waals surface area (Å²) in [7, 11) is 1.33. The summed E-state index contributed by atoms with van der Waals surface area (Å²) in [6.07, 6.45) is -1.91. The first kappa shape index (κ1) is 17.3. The number of carbonyl (C=O) groups excluding carboxylic acids is 1. The molecule has 2 nitrogen and oxygen atoms in total. The summed E-state index contributed by atoms with van der Waals surface area (Å²) in [5, 5.41) is 0. The van der Waals surface area contributed by atoms with E-state index in [2.05, 4.69) is 0 Å². The summed E-state index contributed by atoms with van der Waals surface area (Å²) in [4.78, 5) is 12.2. The van der Waals surface area contributed by atoms with E-state index >= 15 is 0 Å². The minimum absolute atomic E-state index is 0.301. The molecule has 1 aliphatic rings. The van der Waals surface area contributed by atoms with Crippen molar-refractivity contribution in [3.05, 3.63) is 77.4 Å². The molecule has 5 heteroatoms. The van der Waals surface area contributed by atoms with Crippen LogP contribution >= 0.6 is 0 Å². The SMILES string of the molecule is COC(=O)[C@@H]1CC(c2ccccc2)=C[C@@H]1c1ccc(C(F)(F)F)cc1. The minimum Gasteiger partial charge on any atom is -0.469 e. The largest absolute Gasteiger partial charge is 0.469 e. The standard InChI is InChI=1S/C20H17F3O2/c1-25-19(24)18-12-15(13-5-3-2-4-6-13)11-17(18)14-7-9-16(10-8-14)20(21,22)23/h2-11,17-18H,12H2,1H3/t17-,18-/m1/s1.